The molecule has 0 aliphatic heterocycles. The molecular weight excluding hydrogens is 374 g/mol. The zero-order chi connectivity index (χ0) is 19.5. The normalized spacial score (nSPS) is 11.2. The molecule has 0 radical (unpaired) electrons. The van der Waals surface area contributed by atoms with Crippen LogP contribution in [0.15, 0.2) is 17.5 Å². The van der Waals surface area contributed by atoms with Gasteiger partial charge in [-0.25, -0.2) is 9.78 Å². The van der Waals surface area contributed by atoms with E-state index < -0.39 is 11.7 Å². The predicted octanol–water partition coefficient (Wildman–Crippen LogP) is 4.94. The number of halogens is 1. The highest BCUT2D eigenvalue weighted by atomic mass is 35.5. The van der Waals surface area contributed by atoms with Gasteiger partial charge < -0.3 is 10.1 Å². The monoisotopic (exact) mass is 395 g/mol. The van der Waals surface area contributed by atoms with Crippen LogP contribution in [0, 0.1) is 13.8 Å². The first kappa shape index (κ1) is 20.2. The van der Waals surface area contributed by atoms with Crippen molar-refractivity contribution in [2.24, 2.45) is 0 Å². The number of carbonyl (C=O) groups excluding carboxylic acids is 2. The molecule has 6 nitrogen and oxygen atoms in total. The topological polar surface area (TPSA) is 80.3 Å². The van der Waals surface area contributed by atoms with E-state index in [2.05, 4.69) is 15.6 Å². The van der Waals surface area contributed by atoms with Gasteiger partial charge in [0.2, 0.25) is 5.91 Å². The minimum Gasteiger partial charge on any atom is -0.444 e. The Kier molecular flexibility index (Phi) is 6.26. The van der Waals surface area contributed by atoms with Crippen LogP contribution < -0.4 is 10.6 Å². The molecule has 2 N–H and O–H groups in total. The summed E-state index contributed by atoms with van der Waals surface area (Å²) in [5.41, 5.74) is 2.50. The van der Waals surface area contributed by atoms with Gasteiger partial charge in [0.05, 0.1) is 22.8 Å². The summed E-state index contributed by atoms with van der Waals surface area (Å²) in [6.07, 6.45) is -0.499. The van der Waals surface area contributed by atoms with Crippen LogP contribution in [0.25, 0.3) is 0 Å². The van der Waals surface area contributed by atoms with Crippen molar-refractivity contribution in [3.8, 4) is 0 Å². The second kappa shape index (κ2) is 8.05. The number of nitrogens with one attached hydrogen (secondary N) is 2. The van der Waals surface area contributed by atoms with Crippen LogP contribution in [0.4, 0.5) is 15.6 Å². The molecular formula is C18H22ClN3O3S. The maximum absolute atomic E-state index is 12.3. The van der Waals surface area contributed by atoms with Crippen LogP contribution in [0.3, 0.4) is 0 Å². The molecule has 0 aliphatic rings. The van der Waals surface area contributed by atoms with E-state index in [1.165, 1.54) is 11.3 Å². The summed E-state index contributed by atoms with van der Waals surface area (Å²) >= 11 is 7.44. The number of hydrogen-bond donors (Lipinski definition) is 2. The minimum atomic E-state index is -0.588. The number of nitrogens with zero attached hydrogens (tertiary/aromatic N) is 1. The smallest absolute Gasteiger partial charge is 0.413 e. The van der Waals surface area contributed by atoms with Crippen LogP contribution in [0.1, 0.15) is 37.6 Å². The molecule has 8 heteroatoms. The highest BCUT2D eigenvalue weighted by molar-refractivity contribution is 7.13. The van der Waals surface area contributed by atoms with Crippen molar-refractivity contribution in [1.82, 2.24) is 4.98 Å². The molecule has 0 aliphatic carbocycles. The van der Waals surface area contributed by atoms with E-state index in [4.69, 9.17) is 16.3 Å². The highest BCUT2D eigenvalue weighted by Crippen LogP contribution is 2.27. The number of carbonyl (C=O) groups is 2. The zero-order valence-corrected chi connectivity index (χ0v) is 17.0. The molecule has 0 unspecified atom stereocenters. The van der Waals surface area contributed by atoms with E-state index in [0.717, 1.165) is 11.1 Å². The lowest BCUT2D eigenvalue weighted by Gasteiger charge is -2.18. The molecule has 0 spiro atoms. The molecule has 0 fully saturated rings. The van der Waals surface area contributed by atoms with Crippen molar-refractivity contribution in [1.29, 1.82) is 0 Å². The summed E-state index contributed by atoms with van der Waals surface area (Å²) in [7, 11) is 0. The molecule has 26 heavy (non-hydrogen) atoms. The fraction of sp³-hybridized carbons (Fsp3) is 0.389. The lowest BCUT2D eigenvalue weighted by molar-refractivity contribution is -0.115. The largest absolute Gasteiger partial charge is 0.444 e. The average Bonchev–Trinajstić information content (AvgIpc) is 2.87. The van der Waals surface area contributed by atoms with Crippen molar-refractivity contribution in [2.75, 3.05) is 10.6 Å². The molecule has 1 aromatic heterocycles. The molecule has 2 aromatic rings. The maximum Gasteiger partial charge on any atom is 0.413 e. The van der Waals surface area contributed by atoms with Crippen molar-refractivity contribution in [3.05, 3.63) is 39.4 Å². The van der Waals surface area contributed by atoms with E-state index in [9.17, 15) is 9.59 Å². The first-order valence-corrected chi connectivity index (χ1v) is 9.30. The maximum atomic E-state index is 12.3. The number of benzene rings is 1. The van der Waals surface area contributed by atoms with Crippen molar-refractivity contribution in [2.45, 2.75) is 46.6 Å². The first-order chi connectivity index (χ1) is 12.0. The Morgan fingerprint density at radius 2 is 1.92 bits per heavy atom. The van der Waals surface area contributed by atoms with Gasteiger partial charge in [0.25, 0.3) is 0 Å². The van der Waals surface area contributed by atoms with Gasteiger partial charge in [-0.3, -0.25) is 10.1 Å². The van der Waals surface area contributed by atoms with Gasteiger partial charge >= 0.3 is 6.09 Å². The molecule has 1 heterocycles. The van der Waals surface area contributed by atoms with Gasteiger partial charge in [-0.1, -0.05) is 17.7 Å². The van der Waals surface area contributed by atoms with Crippen molar-refractivity contribution >= 4 is 45.8 Å². The number of thiazole rings is 1. The van der Waals surface area contributed by atoms with Crippen molar-refractivity contribution in [3.63, 3.8) is 0 Å². The summed E-state index contributed by atoms with van der Waals surface area (Å²) < 4.78 is 5.17. The van der Waals surface area contributed by atoms with Gasteiger partial charge in [0.15, 0.2) is 5.13 Å². The second-order valence-electron chi connectivity index (χ2n) is 6.93. The number of aryl methyl sites for hydroxylation is 2. The van der Waals surface area contributed by atoms with E-state index in [-0.39, 0.29) is 12.3 Å². The molecule has 1 aromatic carbocycles. The third kappa shape index (κ3) is 6.00. The number of ether oxygens (including phenoxy) is 1. The SMILES string of the molecule is Cc1cc(C)c(NC(=O)Cc2csc(NC(=O)OC(C)(C)C)n2)c(Cl)c1. The molecule has 0 atom stereocenters. The molecule has 140 valence electrons. The van der Waals surface area contributed by atoms with Crippen LogP contribution in [0.5, 0.6) is 0 Å². The highest BCUT2D eigenvalue weighted by Gasteiger charge is 2.18. The quantitative estimate of drug-likeness (QED) is 0.768. The Morgan fingerprint density at radius 1 is 1.23 bits per heavy atom. The number of aromatic nitrogens is 1. The first-order valence-electron chi connectivity index (χ1n) is 8.04. The Balaban J connectivity index is 1.97. The number of rotatable bonds is 4. The third-order valence-electron chi connectivity index (χ3n) is 3.20. The van der Waals surface area contributed by atoms with E-state index in [1.54, 1.807) is 32.2 Å². The fourth-order valence-electron chi connectivity index (χ4n) is 2.26. The molecule has 0 saturated heterocycles. The summed E-state index contributed by atoms with van der Waals surface area (Å²) in [6.45, 7) is 9.17. The molecule has 0 bridgehead atoms. The van der Waals surface area contributed by atoms with E-state index in [0.29, 0.717) is 21.5 Å². The lowest BCUT2D eigenvalue weighted by Crippen LogP contribution is -2.27. The van der Waals surface area contributed by atoms with Gasteiger partial charge in [-0.2, -0.15) is 0 Å². The Hall–Kier alpha value is -2.12. The zero-order valence-electron chi connectivity index (χ0n) is 15.4. The van der Waals surface area contributed by atoms with Gasteiger partial charge in [0.1, 0.15) is 5.60 Å². The van der Waals surface area contributed by atoms with Crippen LogP contribution in [0.2, 0.25) is 5.02 Å². The van der Waals surface area contributed by atoms with E-state index >= 15 is 0 Å². The molecule has 2 rings (SSSR count). The summed E-state index contributed by atoms with van der Waals surface area (Å²) in [5.74, 6) is -0.229. The minimum absolute atomic E-state index is 0.0795. The molecule has 2 amide bonds. The summed E-state index contributed by atoms with van der Waals surface area (Å²) in [4.78, 5) is 28.2. The van der Waals surface area contributed by atoms with Gasteiger partial charge in [-0.05, 0) is 51.8 Å². The Bertz CT molecular complexity index is 804. The molecule has 0 saturated carbocycles. The number of hydrogen-bond acceptors (Lipinski definition) is 5. The Labute approximate surface area is 161 Å². The average molecular weight is 396 g/mol. The van der Waals surface area contributed by atoms with Crippen LogP contribution in [-0.2, 0) is 16.0 Å². The Morgan fingerprint density at radius 3 is 2.54 bits per heavy atom. The lowest BCUT2D eigenvalue weighted by atomic mass is 10.1. The van der Waals surface area contributed by atoms with E-state index in [1.807, 2.05) is 19.9 Å². The summed E-state index contributed by atoms with van der Waals surface area (Å²) in [5, 5.41) is 7.98. The predicted molar refractivity (Wildman–Crippen MR) is 105 cm³/mol. The summed E-state index contributed by atoms with van der Waals surface area (Å²) in [6, 6.07) is 3.75. The standard InChI is InChI=1S/C18H22ClN3O3S/c1-10-6-11(2)15(13(19)7-10)21-14(23)8-12-9-26-16(20-12)22-17(24)25-18(3,4)5/h6-7,9H,8H2,1-5H3,(H,21,23)(H,20,22,24). The second-order valence-corrected chi connectivity index (χ2v) is 8.20. The fourth-order valence-corrected chi connectivity index (χ4v) is 3.32. The van der Waals surface area contributed by atoms with Gasteiger partial charge in [-0.15, -0.1) is 11.3 Å². The number of anilines is 2. The van der Waals surface area contributed by atoms with Crippen molar-refractivity contribution < 1.29 is 14.3 Å². The van der Waals surface area contributed by atoms with Crippen LogP contribution in [-0.4, -0.2) is 22.6 Å². The van der Waals surface area contributed by atoms with Crippen LogP contribution >= 0.6 is 22.9 Å². The third-order valence-corrected chi connectivity index (χ3v) is 4.30. The number of amides is 2. The van der Waals surface area contributed by atoms with Gasteiger partial charge in [0, 0.05) is 5.38 Å².